The maximum absolute atomic E-state index is 12.3. The summed E-state index contributed by atoms with van der Waals surface area (Å²) < 4.78 is 0. The van der Waals surface area contributed by atoms with Crippen molar-refractivity contribution in [2.45, 2.75) is 39.0 Å². The zero-order valence-corrected chi connectivity index (χ0v) is 17.2. The quantitative estimate of drug-likeness (QED) is 0.292. The van der Waals surface area contributed by atoms with Gasteiger partial charge < -0.3 is 20.9 Å². The molecule has 0 aromatic rings. The monoisotopic (exact) mass is 392 g/mol. The normalized spacial score (nSPS) is 21.2. The molecule has 2 saturated carbocycles. The van der Waals surface area contributed by atoms with Crippen molar-refractivity contribution in [3.05, 3.63) is 0 Å². The number of carbonyl (C=O) groups excluding carboxylic acids is 2. The minimum absolute atomic E-state index is 0.179. The summed E-state index contributed by atoms with van der Waals surface area (Å²) in [6, 6.07) is 0. The van der Waals surface area contributed by atoms with E-state index in [9.17, 15) is 9.59 Å². The number of carbonyl (C=O) groups is 2. The first-order valence-corrected chi connectivity index (χ1v) is 11.0. The number of guanidine groups is 1. The van der Waals surface area contributed by atoms with Crippen molar-refractivity contribution >= 4 is 17.8 Å². The molecule has 8 heteroatoms. The average molecular weight is 393 g/mol. The summed E-state index contributed by atoms with van der Waals surface area (Å²) in [6.45, 7) is 9.34. The molecule has 3 fully saturated rings. The first-order valence-electron chi connectivity index (χ1n) is 11.0. The molecule has 1 aliphatic heterocycles. The molecule has 0 atom stereocenters. The van der Waals surface area contributed by atoms with E-state index in [0.717, 1.165) is 77.5 Å². The molecule has 3 aliphatic rings. The minimum atomic E-state index is 0.179. The van der Waals surface area contributed by atoms with Gasteiger partial charge in [0.25, 0.3) is 0 Å². The zero-order chi connectivity index (χ0) is 19.8. The number of nitrogens with zero attached hydrogens (tertiary/aromatic N) is 3. The van der Waals surface area contributed by atoms with Crippen LogP contribution < -0.4 is 16.0 Å². The van der Waals surface area contributed by atoms with E-state index in [4.69, 9.17) is 0 Å². The van der Waals surface area contributed by atoms with Crippen LogP contribution in [0.15, 0.2) is 4.99 Å². The third kappa shape index (κ3) is 6.36. The van der Waals surface area contributed by atoms with Crippen LogP contribution in [-0.2, 0) is 9.59 Å². The molecular formula is C20H36N6O2. The lowest BCUT2D eigenvalue weighted by Gasteiger charge is -2.38. The molecule has 0 aromatic carbocycles. The Kier molecular flexibility index (Phi) is 7.94. The highest BCUT2D eigenvalue weighted by Gasteiger charge is 2.31. The van der Waals surface area contributed by atoms with E-state index in [1.54, 1.807) is 0 Å². The largest absolute Gasteiger partial charge is 0.357 e. The lowest BCUT2D eigenvalue weighted by Crippen LogP contribution is -2.51. The molecule has 0 radical (unpaired) electrons. The second-order valence-corrected chi connectivity index (χ2v) is 8.05. The number of hydrogen-bond acceptors (Lipinski definition) is 4. The van der Waals surface area contributed by atoms with Crippen LogP contribution in [0.3, 0.4) is 0 Å². The summed E-state index contributed by atoms with van der Waals surface area (Å²) in [4.78, 5) is 33.0. The van der Waals surface area contributed by atoms with E-state index < -0.39 is 0 Å². The van der Waals surface area contributed by atoms with Crippen LogP contribution in [-0.4, -0.2) is 86.5 Å². The third-order valence-electron chi connectivity index (χ3n) is 5.83. The topological polar surface area (TPSA) is 89.1 Å². The number of nitrogens with one attached hydrogen (secondary N) is 3. The van der Waals surface area contributed by atoms with Crippen LogP contribution >= 0.6 is 0 Å². The Balaban J connectivity index is 1.29. The van der Waals surface area contributed by atoms with Gasteiger partial charge in [0, 0.05) is 64.2 Å². The van der Waals surface area contributed by atoms with Gasteiger partial charge in [0.1, 0.15) is 0 Å². The summed E-state index contributed by atoms with van der Waals surface area (Å²) in [5.41, 5.74) is 0. The van der Waals surface area contributed by atoms with Gasteiger partial charge in [-0.1, -0.05) is 6.42 Å². The number of amides is 2. The van der Waals surface area contributed by atoms with Crippen molar-refractivity contribution in [2.24, 2.45) is 16.8 Å². The third-order valence-corrected chi connectivity index (χ3v) is 5.83. The van der Waals surface area contributed by atoms with E-state index in [0.29, 0.717) is 24.9 Å². The Morgan fingerprint density at radius 1 is 0.929 bits per heavy atom. The van der Waals surface area contributed by atoms with Gasteiger partial charge in [-0.2, -0.15) is 0 Å². The molecule has 28 heavy (non-hydrogen) atoms. The molecule has 8 nitrogen and oxygen atoms in total. The Morgan fingerprint density at radius 3 is 2.25 bits per heavy atom. The van der Waals surface area contributed by atoms with Crippen molar-refractivity contribution in [2.75, 3.05) is 58.9 Å². The Hall–Kier alpha value is -1.83. The summed E-state index contributed by atoms with van der Waals surface area (Å²) in [7, 11) is 0. The van der Waals surface area contributed by atoms with Gasteiger partial charge in [0.05, 0.1) is 6.54 Å². The van der Waals surface area contributed by atoms with E-state index in [2.05, 4.69) is 25.8 Å². The molecule has 2 aliphatic carbocycles. The summed E-state index contributed by atoms with van der Waals surface area (Å²) >= 11 is 0. The first-order chi connectivity index (χ1) is 13.7. The van der Waals surface area contributed by atoms with E-state index in [-0.39, 0.29) is 11.8 Å². The standard InChI is InChI=1S/C20H36N6O2/c1-2-21-20(23-9-8-22-18(27)16-6-7-16)24-10-11-25-12-14-26(15-13-25)19(28)17-4-3-5-17/h16-17H,2-15H2,1H3,(H,22,27)(H2,21,23,24). The Morgan fingerprint density at radius 2 is 1.64 bits per heavy atom. The van der Waals surface area contributed by atoms with Crippen molar-refractivity contribution in [3.63, 3.8) is 0 Å². The lowest BCUT2D eigenvalue weighted by atomic mass is 9.84. The fourth-order valence-corrected chi connectivity index (χ4v) is 3.61. The molecule has 0 bridgehead atoms. The van der Waals surface area contributed by atoms with Crippen LogP contribution in [0.5, 0.6) is 0 Å². The highest BCUT2D eigenvalue weighted by Crippen LogP contribution is 2.29. The zero-order valence-electron chi connectivity index (χ0n) is 17.2. The molecular weight excluding hydrogens is 356 g/mol. The first kappa shape index (κ1) is 20.9. The fraction of sp³-hybridized carbons (Fsp3) is 0.850. The maximum Gasteiger partial charge on any atom is 0.225 e. The molecule has 3 rings (SSSR count). The van der Waals surface area contributed by atoms with Gasteiger partial charge in [0.15, 0.2) is 5.96 Å². The molecule has 158 valence electrons. The smallest absolute Gasteiger partial charge is 0.225 e. The van der Waals surface area contributed by atoms with Crippen LogP contribution in [0, 0.1) is 11.8 Å². The van der Waals surface area contributed by atoms with E-state index in [1.165, 1.54) is 6.42 Å². The highest BCUT2D eigenvalue weighted by molar-refractivity contribution is 5.81. The molecule has 2 amide bonds. The molecule has 0 aromatic heterocycles. The van der Waals surface area contributed by atoms with Gasteiger partial charge in [-0.3, -0.25) is 19.5 Å². The fourth-order valence-electron chi connectivity index (χ4n) is 3.61. The molecule has 1 saturated heterocycles. The Labute approximate surface area is 168 Å². The molecule has 1 heterocycles. The van der Waals surface area contributed by atoms with Crippen molar-refractivity contribution < 1.29 is 9.59 Å². The van der Waals surface area contributed by atoms with Gasteiger partial charge >= 0.3 is 0 Å². The second kappa shape index (κ2) is 10.6. The lowest BCUT2D eigenvalue weighted by molar-refractivity contribution is -0.139. The van der Waals surface area contributed by atoms with E-state index in [1.807, 2.05) is 11.8 Å². The van der Waals surface area contributed by atoms with Crippen LogP contribution in [0.4, 0.5) is 0 Å². The SMILES string of the molecule is CCNC(=NCCN1CCN(C(=O)C2CCC2)CC1)NCCNC(=O)C1CC1. The van der Waals surface area contributed by atoms with Crippen LogP contribution in [0.25, 0.3) is 0 Å². The van der Waals surface area contributed by atoms with Crippen molar-refractivity contribution in [1.29, 1.82) is 0 Å². The van der Waals surface area contributed by atoms with Gasteiger partial charge in [-0.05, 0) is 32.6 Å². The predicted molar refractivity (Wildman–Crippen MR) is 110 cm³/mol. The Bertz CT molecular complexity index is 551. The number of piperazine rings is 1. The van der Waals surface area contributed by atoms with Gasteiger partial charge in [-0.15, -0.1) is 0 Å². The van der Waals surface area contributed by atoms with Crippen LogP contribution in [0.2, 0.25) is 0 Å². The molecule has 0 spiro atoms. The average Bonchev–Trinajstić information content (AvgIpc) is 3.49. The van der Waals surface area contributed by atoms with Gasteiger partial charge in [-0.25, -0.2) is 0 Å². The number of rotatable bonds is 9. The number of aliphatic imine (C=N–C) groups is 1. The maximum atomic E-state index is 12.3. The predicted octanol–water partition coefficient (Wildman–Crippen LogP) is 0.0120. The summed E-state index contributed by atoms with van der Waals surface area (Å²) in [5, 5.41) is 9.47. The number of hydrogen-bond donors (Lipinski definition) is 3. The van der Waals surface area contributed by atoms with Crippen molar-refractivity contribution in [3.8, 4) is 0 Å². The van der Waals surface area contributed by atoms with E-state index >= 15 is 0 Å². The second-order valence-electron chi connectivity index (χ2n) is 8.05. The molecule has 3 N–H and O–H groups in total. The summed E-state index contributed by atoms with van der Waals surface area (Å²) in [5.74, 6) is 1.90. The van der Waals surface area contributed by atoms with Crippen molar-refractivity contribution in [1.82, 2.24) is 25.8 Å². The minimum Gasteiger partial charge on any atom is -0.357 e. The highest BCUT2D eigenvalue weighted by atomic mass is 16.2. The summed E-state index contributed by atoms with van der Waals surface area (Å²) in [6.07, 6.45) is 5.44. The van der Waals surface area contributed by atoms with Crippen LogP contribution in [0.1, 0.15) is 39.0 Å². The van der Waals surface area contributed by atoms with Gasteiger partial charge in [0.2, 0.25) is 11.8 Å². The molecule has 0 unspecified atom stereocenters.